The smallest absolute Gasteiger partial charge is 0.225 e. The molecule has 0 aromatic carbocycles. The minimum Gasteiger partial charge on any atom is -0.383 e. The summed E-state index contributed by atoms with van der Waals surface area (Å²) in [5.41, 5.74) is 0. The van der Waals surface area contributed by atoms with Crippen LogP contribution in [0.5, 0.6) is 0 Å². The minimum absolute atomic E-state index is 0.434. The van der Waals surface area contributed by atoms with Gasteiger partial charge in [-0.15, -0.1) is 10.2 Å². The number of ether oxygens (including phenoxy) is 1. The second kappa shape index (κ2) is 4.42. The molecule has 0 unspecified atom stereocenters. The molecule has 1 rings (SSSR count). The van der Waals surface area contributed by atoms with Gasteiger partial charge in [-0.3, -0.25) is 4.57 Å². The molecule has 0 fully saturated rings. The van der Waals surface area contributed by atoms with Crippen LogP contribution in [0, 0.1) is 0 Å². The molecule has 0 spiro atoms. The topological polar surface area (TPSA) is 39.9 Å². The van der Waals surface area contributed by atoms with Gasteiger partial charge in [0.2, 0.25) is 5.28 Å². The summed E-state index contributed by atoms with van der Waals surface area (Å²) < 4.78 is 6.79. The van der Waals surface area contributed by atoms with E-state index in [4.69, 9.17) is 16.3 Å². The number of nitrogens with zero attached hydrogens (tertiary/aromatic N) is 3. The van der Waals surface area contributed by atoms with E-state index in [2.05, 4.69) is 10.2 Å². The molecule has 0 aliphatic carbocycles. The average Bonchev–Trinajstić information content (AvgIpc) is 2.43. The number of aryl methyl sites for hydroxylation is 1. The molecular weight excluding hydrogens is 178 g/mol. The first-order valence-corrected chi connectivity index (χ1v) is 4.24. The van der Waals surface area contributed by atoms with E-state index in [1.165, 1.54) is 0 Å². The van der Waals surface area contributed by atoms with Gasteiger partial charge in [0.05, 0.1) is 13.2 Å². The van der Waals surface area contributed by atoms with Crippen LogP contribution in [0.2, 0.25) is 5.28 Å². The highest BCUT2D eigenvalue weighted by Crippen LogP contribution is 2.07. The fraction of sp³-hybridized carbons (Fsp3) is 0.714. The predicted molar refractivity (Wildman–Crippen MR) is 46.3 cm³/mol. The zero-order chi connectivity index (χ0) is 8.97. The molecule has 68 valence electrons. The maximum atomic E-state index is 5.79. The molecule has 0 bridgehead atoms. The van der Waals surface area contributed by atoms with Crippen LogP contribution in [-0.4, -0.2) is 28.5 Å². The summed E-state index contributed by atoms with van der Waals surface area (Å²) in [6.07, 6.45) is 0.837. The second-order valence-electron chi connectivity index (χ2n) is 2.38. The number of hydrogen-bond acceptors (Lipinski definition) is 3. The lowest BCUT2D eigenvalue weighted by Gasteiger charge is -2.04. The summed E-state index contributed by atoms with van der Waals surface area (Å²) in [5, 5.41) is 8.11. The van der Waals surface area contributed by atoms with E-state index < -0.39 is 0 Å². The van der Waals surface area contributed by atoms with Gasteiger partial charge in [-0.2, -0.15) is 0 Å². The normalized spacial score (nSPS) is 10.6. The standard InChI is InChI=1S/C7H12ClN3O/c1-3-6-9-10-7(8)11(6)4-5-12-2/h3-5H2,1-2H3. The molecule has 0 amide bonds. The molecule has 12 heavy (non-hydrogen) atoms. The Hall–Kier alpha value is -0.610. The van der Waals surface area contributed by atoms with Gasteiger partial charge >= 0.3 is 0 Å². The molecule has 0 saturated heterocycles. The van der Waals surface area contributed by atoms with E-state index in [9.17, 15) is 0 Å². The molecule has 0 saturated carbocycles. The first-order valence-electron chi connectivity index (χ1n) is 3.86. The Bertz CT molecular complexity index is 249. The van der Waals surface area contributed by atoms with Gasteiger partial charge in [0.1, 0.15) is 5.82 Å². The highest BCUT2D eigenvalue weighted by atomic mass is 35.5. The third-order valence-electron chi connectivity index (χ3n) is 1.62. The molecule has 0 aliphatic rings. The number of rotatable bonds is 4. The van der Waals surface area contributed by atoms with Crippen molar-refractivity contribution in [2.45, 2.75) is 19.9 Å². The zero-order valence-electron chi connectivity index (χ0n) is 7.25. The van der Waals surface area contributed by atoms with Crippen LogP contribution in [0.15, 0.2) is 0 Å². The van der Waals surface area contributed by atoms with Gasteiger partial charge in [0, 0.05) is 13.5 Å². The number of halogens is 1. The maximum absolute atomic E-state index is 5.79. The molecule has 1 aromatic rings. The van der Waals surface area contributed by atoms with Gasteiger partial charge in [0.15, 0.2) is 0 Å². The third kappa shape index (κ3) is 1.95. The van der Waals surface area contributed by atoms with Crippen molar-refractivity contribution in [3.8, 4) is 0 Å². The van der Waals surface area contributed by atoms with E-state index in [-0.39, 0.29) is 0 Å². The Kier molecular flexibility index (Phi) is 3.49. The summed E-state index contributed by atoms with van der Waals surface area (Å²) >= 11 is 5.79. The molecule has 1 aromatic heterocycles. The van der Waals surface area contributed by atoms with Crippen LogP contribution >= 0.6 is 11.6 Å². The van der Waals surface area contributed by atoms with Crippen molar-refractivity contribution in [2.24, 2.45) is 0 Å². The van der Waals surface area contributed by atoms with Crippen LogP contribution in [0.1, 0.15) is 12.7 Å². The molecule has 0 N–H and O–H groups in total. The SMILES string of the molecule is CCc1nnc(Cl)n1CCOC. The highest BCUT2D eigenvalue weighted by Gasteiger charge is 2.06. The van der Waals surface area contributed by atoms with Gasteiger partial charge in [0.25, 0.3) is 0 Å². The highest BCUT2D eigenvalue weighted by molar-refractivity contribution is 6.28. The molecule has 5 heteroatoms. The molecule has 4 nitrogen and oxygen atoms in total. The Balaban J connectivity index is 2.72. The van der Waals surface area contributed by atoms with Crippen LogP contribution in [0.4, 0.5) is 0 Å². The minimum atomic E-state index is 0.434. The van der Waals surface area contributed by atoms with Gasteiger partial charge in [-0.25, -0.2) is 0 Å². The summed E-state index contributed by atoms with van der Waals surface area (Å²) in [6.45, 7) is 3.36. The maximum Gasteiger partial charge on any atom is 0.225 e. The lowest BCUT2D eigenvalue weighted by Crippen LogP contribution is -2.07. The van der Waals surface area contributed by atoms with E-state index >= 15 is 0 Å². The van der Waals surface area contributed by atoms with Crippen LogP contribution in [-0.2, 0) is 17.7 Å². The summed E-state index contributed by atoms with van der Waals surface area (Å²) in [6, 6.07) is 0. The second-order valence-corrected chi connectivity index (χ2v) is 2.72. The van der Waals surface area contributed by atoms with E-state index in [0.29, 0.717) is 18.4 Å². The molecule has 1 heterocycles. The average molecular weight is 190 g/mol. The monoisotopic (exact) mass is 189 g/mol. The molecule has 0 aliphatic heterocycles. The molecular formula is C7H12ClN3O. The van der Waals surface area contributed by atoms with Gasteiger partial charge in [-0.05, 0) is 11.6 Å². The molecule has 0 radical (unpaired) electrons. The number of aromatic nitrogens is 3. The van der Waals surface area contributed by atoms with Crippen LogP contribution < -0.4 is 0 Å². The van der Waals surface area contributed by atoms with E-state index in [1.807, 2.05) is 11.5 Å². The van der Waals surface area contributed by atoms with Crippen molar-refractivity contribution >= 4 is 11.6 Å². The van der Waals surface area contributed by atoms with Crippen molar-refractivity contribution in [3.63, 3.8) is 0 Å². The zero-order valence-corrected chi connectivity index (χ0v) is 8.01. The summed E-state index contributed by atoms with van der Waals surface area (Å²) in [5.74, 6) is 0.900. The van der Waals surface area contributed by atoms with Gasteiger partial charge in [-0.1, -0.05) is 6.92 Å². The summed E-state index contributed by atoms with van der Waals surface area (Å²) in [4.78, 5) is 0. The van der Waals surface area contributed by atoms with Crippen molar-refractivity contribution in [3.05, 3.63) is 11.1 Å². The fourth-order valence-electron chi connectivity index (χ4n) is 0.979. The Morgan fingerprint density at radius 1 is 1.50 bits per heavy atom. The van der Waals surface area contributed by atoms with Crippen LogP contribution in [0.25, 0.3) is 0 Å². The fourth-order valence-corrected chi connectivity index (χ4v) is 1.20. The van der Waals surface area contributed by atoms with Crippen LogP contribution in [0.3, 0.4) is 0 Å². The number of methoxy groups -OCH3 is 1. The van der Waals surface area contributed by atoms with Crippen molar-refractivity contribution < 1.29 is 4.74 Å². The van der Waals surface area contributed by atoms with Crippen molar-refractivity contribution in [2.75, 3.05) is 13.7 Å². The lowest BCUT2D eigenvalue weighted by atomic mass is 10.4. The Labute approximate surface area is 76.5 Å². The Morgan fingerprint density at radius 3 is 2.83 bits per heavy atom. The Morgan fingerprint density at radius 2 is 2.25 bits per heavy atom. The van der Waals surface area contributed by atoms with Crippen molar-refractivity contribution in [1.82, 2.24) is 14.8 Å². The lowest BCUT2D eigenvalue weighted by molar-refractivity contribution is 0.186. The van der Waals surface area contributed by atoms with Crippen molar-refractivity contribution in [1.29, 1.82) is 0 Å². The predicted octanol–water partition coefficient (Wildman–Crippen LogP) is 1.14. The largest absolute Gasteiger partial charge is 0.383 e. The number of hydrogen-bond donors (Lipinski definition) is 0. The first-order chi connectivity index (χ1) is 5.79. The van der Waals surface area contributed by atoms with Gasteiger partial charge < -0.3 is 4.74 Å². The van der Waals surface area contributed by atoms with E-state index in [1.54, 1.807) is 7.11 Å². The third-order valence-corrected chi connectivity index (χ3v) is 1.90. The summed E-state index contributed by atoms with van der Waals surface area (Å²) in [7, 11) is 1.66. The first kappa shape index (κ1) is 9.48. The quantitative estimate of drug-likeness (QED) is 0.713. The molecule has 0 atom stereocenters. The van der Waals surface area contributed by atoms with E-state index in [0.717, 1.165) is 12.2 Å².